The molecule has 0 spiro atoms. The first kappa shape index (κ1) is 15.9. The predicted molar refractivity (Wildman–Crippen MR) is 68.7 cm³/mol. The largest absolute Gasteiger partial charge is 0.478 e. The Kier molecular flexibility index (Phi) is 7.14. The molecule has 0 saturated carbocycles. The minimum absolute atomic E-state index is 0. The number of halogens is 1. The van der Waals surface area contributed by atoms with E-state index >= 15 is 0 Å². The monoisotopic (exact) mass is 272 g/mol. The number of carbonyl (C=O) groups is 2. The molecule has 0 bridgehead atoms. The third-order valence-corrected chi connectivity index (χ3v) is 1.85. The van der Waals surface area contributed by atoms with E-state index in [0.29, 0.717) is 11.4 Å². The van der Waals surface area contributed by atoms with Crippen LogP contribution in [0.15, 0.2) is 24.4 Å². The van der Waals surface area contributed by atoms with Crippen LogP contribution in [0.2, 0.25) is 0 Å². The molecule has 0 amide bonds. The number of hydrogen-bond donors (Lipinski definition) is 2. The highest BCUT2D eigenvalue weighted by Gasteiger charge is 2.00. The number of carboxylic acids is 1. The van der Waals surface area contributed by atoms with Crippen LogP contribution in [0.5, 0.6) is 0 Å². The number of esters is 1. The smallest absolute Gasteiger partial charge is 0.328 e. The first-order valence-electron chi connectivity index (χ1n) is 4.79. The van der Waals surface area contributed by atoms with Gasteiger partial charge in [0.2, 0.25) is 0 Å². The van der Waals surface area contributed by atoms with Crippen LogP contribution in [0, 0.1) is 0 Å². The van der Waals surface area contributed by atoms with Crippen molar-refractivity contribution in [3.63, 3.8) is 0 Å². The molecular formula is C11H13ClN2O4. The summed E-state index contributed by atoms with van der Waals surface area (Å²) in [7, 11) is 1.30. The Morgan fingerprint density at radius 2 is 2.22 bits per heavy atom. The zero-order valence-electron chi connectivity index (χ0n) is 9.62. The van der Waals surface area contributed by atoms with Gasteiger partial charge in [0.15, 0.2) is 0 Å². The summed E-state index contributed by atoms with van der Waals surface area (Å²) in [5.74, 6) is -0.887. The van der Waals surface area contributed by atoms with Crippen LogP contribution < -0.4 is 5.32 Å². The maximum Gasteiger partial charge on any atom is 0.328 e. The predicted octanol–water partition coefficient (Wildman–Crippen LogP) is 1.19. The van der Waals surface area contributed by atoms with E-state index in [-0.39, 0.29) is 24.9 Å². The molecule has 1 heterocycles. The van der Waals surface area contributed by atoms with Gasteiger partial charge in [-0.25, -0.2) is 9.78 Å². The van der Waals surface area contributed by atoms with Gasteiger partial charge in [0.05, 0.1) is 7.11 Å². The third kappa shape index (κ3) is 5.86. The molecule has 1 aromatic rings. The topological polar surface area (TPSA) is 88.5 Å². The SMILES string of the molecule is COC(=O)CNc1ccc(/C=C/C(=O)O)cn1.Cl. The van der Waals surface area contributed by atoms with E-state index in [1.807, 2.05) is 0 Å². The van der Waals surface area contributed by atoms with Gasteiger partial charge in [0.1, 0.15) is 12.4 Å². The summed E-state index contributed by atoms with van der Waals surface area (Å²) in [6.07, 6.45) is 3.96. The van der Waals surface area contributed by atoms with Crippen molar-refractivity contribution in [1.29, 1.82) is 0 Å². The molecular weight excluding hydrogens is 260 g/mol. The van der Waals surface area contributed by atoms with Crippen LogP contribution in [-0.2, 0) is 14.3 Å². The number of aliphatic carboxylic acids is 1. The summed E-state index contributed by atoms with van der Waals surface area (Å²) in [5.41, 5.74) is 0.663. The number of hydrogen-bond acceptors (Lipinski definition) is 5. The zero-order valence-corrected chi connectivity index (χ0v) is 10.4. The highest BCUT2D eigenvalue weighted by atomic mass is 35.5. The quantitative estimate of drug-likeness (QED) is 0.618. The van der Waals surface area contributed by atoms with Crippen molar-refractivity contribution >= 4 is 36.2 Å². The van der Waals surface area contributed by atoms with E-state index in [4.69, 9.17) is 5.11 Å². The molecule has 0 fully saturated rings. The number of carboxylic acid groups (broad SMARTS) is 1. The number of anilines is 1. The highest BCUT2D eigenvalue weighted by molar-refractivity contribution is 5.85. The van der Waals surface area contributed by atoms with Crippen molar-refractivity contribution in [2.24, 2.45) is 0 Å². The van der Waals surface area contributed by atoms with Crippen molar-refractivity contribution in [2.75, 3.05) is 19.0 Å². The number of ether oxygens (including phenoxy) is 1. The Morgan fingerprint density at radius 1 is 1.50 bits per heavy atom. The van der Waals surface area contributed by atoms with E-state index in [1.165, 1.54) is 19.4 Å². The minimum atomic E-state index is -1.02. The average Bonchev–Trinajstić information content (AvgIpc) is 2.34. The lowest BCUT2D eigenvalue weighted by Gasteiger charge is -2.03. The molecule has 1 aromatic heterocycles. The van der Waals surface area contributed by atoms with Gasteiger partial charge in [0, 0.05) is 12.3 Å². The maximum absolute atomic E-state index is 10.8. The van der Waals surface area contributed by atoms with Gasteiger partial charge in [0.25, 0.3) is 0 Å². The van der Waals surface area contributed by atoms with Crippen molar-refractivity contribution in [3.05, 3.63) is 30.0 Å². The van der Waals surface area contributed by atoms with Crippen molar-refractivity contribution in [2.45, 2.75) is 0 Å². The number of methoxy groups -OCH3 is 1. The van der Waals surface area contributed by atoms with Gasteiger partial charge in [-0.2, -0.15) is 0 Å². The molecule has 0 aliphatic carbocycles. The van der Waals surface area contributed by atoms with E-state index in [9.17, 15) is 9.59 Å². The molecule has 6 nitrogen and oxygen atoms in total. The fourth-order valence-electron chi connectivity index (χ4n) is 1.01. The number of pyridine rings is 1. The molecule has 1 rings (SSSR count). The van der Waals surface area contributed by atoms with Crippen LogP contribution in [-0.4, -0.2) is 35.7 Å². The van der Waals surface area contributed by atoms with Crippen LogP contribution >= 0.6 is 12.4 Å². The van der Waals surface area contributed by atoms with Gasteiger partial charge in [-0.15, -0.1) is 12.4 Å². The van der Waals surface area contributed by atoms with Crippen LogP contribution in [0.3, 0.4) is 0 Å². The summed E-state index contributed by atoms with van der Waals surface area (Å²) in [4.78, 5) is 25.1. The minimum Gasteiger partial charge on any atom is -0.478 e. The molecule has 0 atom stereocenters. The third-order valence-electron chi connectivity index (χ3n) is 1.85. The van der Waals surface area contributed by atoms with Gasteiger partial charge in [-0.3, -0.25) is 4.79 Å². The van der Waals surface area contributed by atoms with Crippen molar-refractivity contribution < 1.29 is 19.4 Å². The summed E-state index contributed by atoms with van der Waals surface area (Å²) < 4.78 is 4.45. The van der Waals surface area contributed by atoms with Crippen LogP contribution in [0.25, 0.3) is 6.08 Å². The van der Waals surface area contributed by atoms with E-state index in [2.05, 4.69) is 15.0 Å². The molecule has 0 radical (unpaired) electrons. The van der Waals surface area contributed by atoms with Gasteiger partial charge < -0.3 is 15.2 Å². The van der Waals surface area contributed by atoms with E-state index in [1.54, 1.807) is 12.1 Å². The van der Waals surface area contributed by atoms with Gasteiger partial charge in [-0.05, 0) is 23.8 Å². The Bertz CT molecular complexity index is 431. The molecule has 2 N–H and O–H groups in total. The summed E-state index contributed by atoms with van der Waals surface area (Å²) in [6.45, 7) is 0.0355. The Hall–Kier alpha value is -2.08. The standard InChI is InChI=1S/C11H12N2O4.ClH/c1-17-11(16)7-13-9-4-2-8(6-12-9)3-5-10(14)15;/h2-6H,7H2,1H3,(H,12,13)(H,14,15);1H/b5-3+;. The normalized spacial score (nSPS) is 9.61. The highest BCUT2D eigenvalue weighted by Crippen LogP contribution is 2.06. The molecule has 18 heavy (non-hydrogen) atoms. The van der Waals surface area contributed by atoms with Gasteiger partial charge in [-0.1, -0.05) is 0 Å². The fourth-order valence-corrected chi connectivity index (χ4v) is 1.01. The second-order valence-electron chi connectivity index (χ2n) is 3.08. The summed E-state index contributed by atoms with van der Waals surface area (Å²) in [5, 5.41) is 11.2. The average molecular weight is 273 g/mol. The second-order valence-corrected chi connectivity index (χ2v) is 3.08. The first-order chi connectivity index (χ1) is 8.11. The van der Waals surface area contributed by atoms with E-state index in [0.717, 1.165) is 6.08 Å². The Labute approximate surface area is 110 Å². The number of aromatic nitrogens is 1. The first-order valence-corrected chi connectivity index (χ1v) is 4.79. The van der Waals surface area contributed by atoms with Crippen LogP contribution in [0.1, 0.15) is 5.56 Å². The number of nitrogens with one attached hydrogen (secondary N) is 1. The Morgan fingerprint density at radius 3 is 2.72 bits per heavy atom. The van der Waals surface area contributed by atoms with Gasteiger partial charge >= 0.3 is 11.9 Å². The lowest BCUT2D eigenvalue weighted by Crippen LogP contribution is -2.15. The van der Waals surface area contributed by atoms with Crippen LogP contribution in [0.4, 0.5) is 5.82 Å². The molecule has 0 aliphatic heterocycles. The Balaban J connectivity index is 0.00000289. The summed E-state index contributed by atoms with van der Waals surface area (Å²) >= 11 is 0. The zero-order chi connectivity index (χ0) is 12.7. The number of rotatable bonds is 5. The molecule has 0 saturated heterocycles. The van der Waals surface area contributed by atoms with E-state index < -0.39 is 5.97 Å². The lowest BCUT2D eigenvalue weighted by atomic mass is 10.2. The molecule has 98 valence electrons. The molecule has 0 aliphatic rings. The fraction of sp³-hybridized carbons (Fsp3) is 0.182. The second kappa shape index (κ2) is 8.08. The summed E-state index contributed by atoms with van der Waals surface area (Å²) in [6, 6.07) is 3.33. The van der Waals surface area contributed by atoms with Crippen molar-refractivity contribution in [1.82, 2.24) is 4.98 Å². The maximum atomic E-state index is 10.8. The number of nitrogens with zero attached hydrogens (tertiary/aromatic N) is 1. The lowest BCUT2D eigenvalue weighted by molar-refractivity contribution is -0.138. The molecule has 0 aromatic carbocycles. The molecule has 0 unspecified atom stereocenters. The number of carbonyl (C=O) groups excluding carboxylic acids is 1. The van der Waals surface area contributed by atoms with Crippen molar-refractivity contribution in [3.8, 4) is 0 Å². The molecule has 7 heteroatoms.